The molecule has 0 aliphatic carbocycles. The molecule has 0 aromatic carbocycles. The molecule has 1 aromatic rings. The van der Waals surface area contributed by atoms with Gasteiger partial charge in [-0.15, -0.1) is 11.3 Å². The molecule has 0 spiro atoms. The van der Waals surface area contributed by atoms with E-state index in [0.29, 0.717) is 16.6 Å². The number of halogens is 2. The molecule has 0 atom stereocenters. The molecule has 0 aliphatic heterocycles. The van der Waals surface area contributed by atoms with Gasteiger partial charge in [0.2, 0.25) is 0 Å². The van der Waals surface area contributed by atoms with Crippen molar-refractivity contribution < 1.29 is 4.43 Å². The highest BCUT2D eigenvalue weighted by Crippen LogP contribution is 2.42. The summed E-state index contributed by atoms with van der Waals surface area (Å²) in [5.41, 5.74) is 1.99. The van der Waals surface area contributed by atoms with Crippen LogP contribution in [0.15, 0.2) is 9.85 Å². The normalized spacial score (nSPS) is 12.9. The molecule has 1 nitrogen and oxygen atoms in total. The van der Waals surface area contributed by atoms with E-state index in [1.807, 2.05) is 11.3 Å². The molecule has 1 heterocycles. The predicted octanol–water partition coefficient (Wildman–Crippen LogP) is 6.85. The lowest BCUT2D eigenvalue weighted by Gasteiger charge is -2.42. The molecule has 0 amide bonds. The van der Waals surface area contributed by atoms with Crippen LogP contribution in [0.3, 0.4) is 0 Å². The minimum Gasteiger partial charge on any atom is -0.416 e. The van der Waals surface area contributed by atoms with Crippen LogP contribution in [0.2, 0.25) is 16.6 Å². The fraction of sp³-hybridized carbons (Fsp3) is 0.733. The van der Waals surface area contributed by atoms with Crippen LogP contribution in [-0.2, 0) is 10.8 Å². The number of thiophene rings is 1. The molecule has 0 fully saturated rings. The largest absolute Gasteiger partial charge is 0.416 e. The zero-order valence-corrected chi connectivity index (χ0v) is 18.9. The second-order valence-electron chi connectivity index (χ2n) is 6.25. The van der Waals surface area contributed by atoms with Crippen LogP contribution >= 0.6 is 49.9 Å². The van der Waals surface area contributed by atoms with Gasteiger partial charge in [0.25, 0.3) is 0 Å². The van der Waals surface area contributed by atoms with E-state index >= 15 is 0 Å². The molecular weight excluding hydrogens is 463 g/mol. The smallest absolute Gasteiger partial charge is 0.200 e. The Balaban J connectivity index is 2.72. The van der Waals surface area contributed by atoms with Crippen molar-refractivity contribution in [2.45, 2.75) is 64.6 Å². The third-order valence-electron chi connectivity index (χ3n) is 4.10. The zero-order valence-electron chi connectivity index (χ0n) is 13.3. The van der Waals surface area contributed by atoms with Gasteiger partial charge >= 0.3 is 0 Å². The van der Waals surface area contributed by atoms with Gasteiger partial charge in [0.1, 0.15) is 0 Å². The highest BCUT2D eigenvalue weighted by Gasteiger charge is 2.44. The van der Waals surface area contributed by atoms with E-state index < -0.39 is 8.32 Å². The van der Waals surface area contributed by atoms with E-state index in [-0.39, 0.29) is 0 Å². The third kappa shape index (κ3) is 4.30. The Labute approximate surface area is 151 Å². The first-order valence-corrected chi connectivity index (χ1v) is 12.1. The van der Waals surface area contributed by atoms with Crippen molar-refractivity contribution in [3.8, 4) is 0 Å². The highest BCUT2D eigenvalue weighted by molar-refractivity contribution is 14.1. The summed E-state index contributed by atoms with van der Waals surface area (Å²) in [6, 6.07) is 2.27. The molecule has 0 bridgehead atoms. The summed E-state index contributed by atoms with van der Waals surface area (Å²) < 4.78 is 9.15. The first-order valence-electron chi connectivity index (χ1n) is 7.29. The van der Waals surface area contributed by atoms with E-state index in [1.165, 1.54) is 12.2 Å². The van der Waals surface area contributed by atoms with Gasteiger partial charge in [-0.2, -0.15) is 0 Å². The van der Waals surface area contributed by atoms with Crippen LogP contribution < -0.4 is 0 Å². The molecule has 0 unspecified atom stereocenters. The monoisotopic (exact) mass is 488 g/mol. The van der Waals surface area contributed by atoms with Crippen molar-refractivity contribution in [3.05, 3.63) is 18.3 Å². The Bertz CT molecular complexity index is 390. The molecule has 1 rings (SSSR count). The average Bonchev–Trinajstić information content (AvgIpc) is 2.62. The predicted molar refractivity (Wildman–Crippen MR) is 105 cm³/mol. The van der Waals surface area contributed by atoms with Gasteiger partial charge < -0.3 is 4.43 Å². The fourth-order valence-electron chi connectivity index (χ4n) is 3.34. The van der Waals surface area contributed by atoms with Gasteiger partial charge in [-0.25, -0.2) is 0 Å². The van der Waals surface area contributed by atoms with Crippen molar-refractivity contribution in [1.82, 2.24) is 0 Å². The second kappa shape index (κ2) is 8.08. The lowest BCUT2D eigenvalue weighted by atomic mass is 10.4. The maximum absolute atomic E-state index is 6.59. The van der Waals surface area contributed by atoms with Crippen LogP contribution in [0.1, 0.15) is 46.4 Å². The van der Waals surface area contributed by atoms with Gasteiger partial charge in [0.05, 0.1) is 3.79 Å². The molecule has 116 valence electrons. The van der Waals surface area contributed by atoms with Crippen LogP contribution in [0, 0.1) is 3.57 Å². The summed E-state index contributed by atoms with van der Waals surface area (Å²) in [4.78, 5) is 1.42. The molecule has 0 N–H and O–H groups in total. The summed E-state index contributed by atoms with van der Waals surface area (Å²) in [7, 11) is -1.70. The maximum atomic E-state index is 6.59. The highest BCUT2D eigenvalue weighted by atomic mass is 127. The number of rotatable bonds is 7. The summed E-state index contributed by atoms with van der Waals surface area (Å²) >= 11 is 7.81. The number of hydrogen-bond acceptors (Lipinski definition) is 2. The first-order chi connectivity index (χ1) is 9.21. The van der Waals surface area contributed by atoms with E-state index in [9.17, 15) is 0 Å². The van der Waals surface area contributed by atoms with Crippen molar-refractivity contribution in [1.29, 1.82) is 0 Å². The first kappa shape index (κ1) is 19.1. The molecule has 0 radical (unpaired) electrons. The summed E-state index contributed by atoms with van der Waals surface area (Å²) in [6.45, 7) is 14.9. The molecule has 0 saturated carbocycles. The Morgan fingerprint density at radius 2 is 1.65 bits per heavy atom. The van der Waals surface area contributed by atoms with E-state index in [1.54, 1.807) is 0 Å². The molecule has 20 heavy (non-hydrogen) atoms. The molecule has 0 aliphatic rings. The van der Waals surface area contributed by atoms with Gasteiger partial charge in [-0.1, -0.05) is 41.5 Å². The van der Waals surface area contributed by atoms with Gasteiger partial charge in [-0.05, 0) is 61.2 Å². The van der Waals surface area contributed by atoms with E-state index in [0.717, 1.165) is 13.0 Å². The van der Waals surface area contributed by atoms with Crippen LogP contribution in [0.5, 0.6) is 0 Å². The minimum absolute atomic E-state index is 0.665. The summed E-state index contributed by atoms with van der Waals surface area (Å²) in [5.74, 6) is 0. The van der Waals surface area contributed by atoms with Crippen molar-refractivity contribution >= 4 is 58.2 Å². The Hall–Kier alpha value is 1.09. The molecule has 1 aromatic heterocycles. The van der Waals surface area contributed by atoms with Crippen LogP contribution in [-0.4, -0.2) is 14.9 Å². The van der Waals surface area contributed by atoms with Crippen molar-refractivity contribution in [2.75, 3.05) is 6.61 Å². The number of hydrogen-bond donors (Lipinski definition) is 0. The maximum Gasteiger partial charge on any atom is 0.200 e. The minimum atomic E-state index is -1.70. The Kier molecular flexibility index (Phi) is 7.73. The fourth-order valence-corrected chi connectivity index (χ4v) is 11.2. The van der Waals surface area contributed by atoms with Gasteiger partial charge in [0.15, 0.2) is 8.32 Å². The average molecular weight is 489 g/mol. The SMILES string of the molecule is CC(C)[Si](OCCc1cc(I)c(Br)s1)(C(C)C)C(C)C. The Morgan fingerprint density at radius 1 is 1.15 bits per heavy atom. The standard InChI is InChI=1S/C15H26BrIOSSi/c1-10(2)20(11(3)4,12(5)6)18-8-7-13-9-14(17)15(16)19-13/h9-12H,7-8H2,1-6H3. The van der Waals surface area contributed by atoms with Crippen molar-refractivity contribution in [2.24, 2.45) is 0 Å². The van der Waals surface area contributed by atoms with Crippen molar-refractivity contribution in [3.63, 3.8) is 0 Å². The molecule has 0 saturated heterocycles. The Morgan fingerprint density at radius 3 is 2.00 bits per heavy atom. The summed E-state index contributed by atoms with van der Waals surface area (Å²) in [5, 5.41) is 0. The lowest BCUT2D eigenvalue weighted by Crippen LogP contribution is -2.48. The second-order valence-corrected chi connectivity index (χ2v) is 15.3. The van der Waals surface area contributed by atoms with Crippen LogP contribution in [0.4, 0.5) is 0 Å². The van der Waals surface area contributed by atoms with E-state index in [2.05, 4.69) is 86.1 Å². The molecular formula is C15H26BrIOSSi. The van der Waals surface area contributed by atoms with Crippen LogP contribution in [0.25, 0.3) is 0 Å². The zero-order chi connectivity index (χ0) is 15.5. The van der Waals surface area contributed by atoms with Gasteiger partial charge in [-0.3, -0.25) is 0 Å². The van der Waals surface area contributed by atoms with Gasteiger partial charge in [0, 0.05) is 21.5 Å². The third-order valence-corrected chi connectivity index (χ3v) is 14.1. The molecule has 5 heteroatoms. The lowest BCUT2D eigenvalue weighted by molar-refractivity contribution is 0.282. The quantitative estimate of drug-likeness (QED) is 0.301. The van der Waals surface area contributed by atoms with E-state index in [4.69, 9.17) is 4.43 Å². The summed E-state index contributed by atoms with van der Waals surface area (Å²) in [6.07, 6.45) is 1.03. The topological polar surface area (TPSA) is 9.23 Å².